The number of benzene rings is 3. The van der Waals surface area contributed by atoms with E-state index < -0.39 is 5.82 Å². The number of amides is 1. The highest BCUT2D eigenvalue weighted by Crippen LogP contribution is 2.21. The van der Waals surface area contributed by atoms with Crippen molar-refractivity contribution in [3.8, 4) is 11.4 Å². The van der Waals surface area contributed by atoms with Crippen LogP contribution in [0.1, 0.15) is 10.4 Å². The van der Waals surface area contributed by atoms with E-state index in [4.69, 9.17) is 0 Å². The average Bonchev–Trinajstić information content (AvgIpc) is 2.74. The zero-order chi connectivity index (χ0) is 20.9. The zero-order valence-corrected chi connectivity index (χ0v) is 15.6. The molecule has 0 spiro atoms. The Morgan fingerprint density at radius 3 is 2.33 bits per heavy atom. The summed E-state index contributed by atoms with van der Waals surface area (Å²) in [5.74, 6) is -0.300. The Hall–Kier alpha value is -4.13. The minimum atomic E-state index is -0.430. The summed E-state index contributed by atoms with van der Waals surface area (Å²) in [4.78, 5) is 21.1. The second-order valence-electron chi connectivity index (χ2n) is 6.45. The lowest BCUT2D eigenvalue weighted by molar-refractivity contribution is 0.102. The number of hydrogen-bond acceptors (Lipinski definition) is 4. The van der Waals surface area contributed by atoms with Crippen LogP contribution in [0, 0.1) is 11.6 Å². The van der Waals surface area contributed by atoms with Gasteiger partial charge in [0.2, 0.25) is 0 Å². The van der Waals surface area contributed by atoms with Gasteiger partial charge in [-0.25, -0.2) is 18.7 Å². The number of aromatic nitrogens is 2. The Labute approximate surface area is 171 Å². The monoisotopic (exact) mass is 402 g/mol. The van der Waals surface area contributed by atoms with E-state index in [1.807, 2.05) is 0 Å². The molecule has 2 N–H and O–H groups in total. The normalized spacial score (nSPS) is 10.5. The highest BCUT2D eigenvalue weighted by molar-refractivity contribution is 6.04. The van der Waals surface area contributed by atoms with Gasteiger partial charge in [-0.2, -0.15) is 0 Å². The molecule has 5 nitrogen and oxygen atoms in total. The number of halogens is 2. The summed E-state index contributed by atoms with van der Waals surface area (Å²) >= 11 is 0. The largest absolute Gasteiger partial charge is 0.340 e. The lowest BCUT2D eigenvalue weighted by Gasteiger charge is -2.10. The molecule has 148 valence electrons. The third kappa shape index (κ3) is 4.64. The van der Waals surface area contributed by atoms with E-state index in [9.17, 15) is 13.6 Å². The summed E-state index contributed by atoms with van der Waals surface area (Å²) in [6.07, 6.45) is 1.57. The van der Waals surface area contributed by atoms with Gasteiger partial charge in [0.25, 0.3) is 5.91 Å². The second kappa shape index (κ2) is 8.48. The lowest BCUT2D eigenvalue weighted by atomic mass is 10.1. The molecule has 3 aromatic carbocycles. The molecule has 0 saturated carbocycles. The summed E-state index contributed by atoms with van der Waals surface area (Å²) in [5, 5.41) is 5.77. The van der Waals surface area contributed by atoms with Crippen molar-refractivity contribution in [3.05, 3.63) is 102 Å². The number of hydrogen-bond donors (Lipinski definition) is 2. The molecular weight excluding hydrogens is 386 g/mol. The molecule has 0 aliphatic heterocycles. The minimum Gasteiger partial charge on any atom is -0.340 e. The van der Waals surface area contributed by atoms with Crippen molar-refractivity contribution in [2.75, 3.05) is 10.6 Å². The van der Waals surface area contributed by atoms with E-state index in [0.29, 0.717) is 34.1 Å². The molecule has 1 amide bonds. The van der Waals surface area contributed by atoms with Gasteiger partial charge in [0.1, 0.15) is 17.5 Å². The van der Waals surface area contributed by atoms with E-state index >= 15 is 0 Å². The number of nitrogens with zero attached hydrogens (tertiary/aromatic N) is 2. The van der Waals surface area contributed by atoms with Gasteiger partial charge in [-0.05, 0) is 54.6 Å². The van der Waals surface area contributed by atoms with Gasteiger partial charge in [-0.15, -0.1) is 0 Å². The van der Waals surface area contributed by atoms with Crippen molar-refractivity contribution >= 4 is 23.1 Å². The number of rotatable bonds is 5. The number of nitrogens with one attached hydrogen (secondary N) is 2. The van der Waals surface area contributed by atoms with Crippen LogP contribution in [0.5, 0.6) is 0 Å². The molecular formula is C23H16F2N4O. The first-order valence-corrected chi connectivity index (χ1v) is 9.10. The summed E-state index contributed by atoms with van der Waals surface area (Å²) in [7, 11) is 0. The van der Waals surface area contributed by atoms with E-state index in [0.717, 1.165) is 0 Å². The third-order valence-electron chi connectivity index (χ3n) is 4.22. The Kier molecular flexibility index (Phi) is 5.43. The van der Waals surface area contributed by atoms with Crippen LogP contribution in [0.3, 0.4) is 0 Å². The Balaban J connectivity index is 1.52. The van der Waals surface area contributed by atoms with Crippen LogP contribution in [-0.4, -0.2) is 15.9 Å². The van der Waals surface area contributed by atoms with E-state index in [2.05, 4.69) is 20.6 Å². The van der Waals surface area contributed by atoms with E-state index in [1.54, 1.807) is 54.7 Å². The quantitative estimate of drug-likeness (QED) is 0.468. The van der Waals surface area contributed by atoms with Gasteiger partial charge >= 0.3 is 0 Å². The first-order valence-electron chi connectivity index (χ1n) is 9.10. The maximum Gasteiger partial charge on any atom is 0.255 e. The van der Waals surface area contributed by atoms with Gasteiger partial charge in [-0.3, -0.25) is 4.79 Å². The van der Waals surface area contributed by atoms with Gasteiger partial charge in [0.15, 0.2) is 5.82 Å². The van der Waals surface area contributed by atoms with Crippen molar-refractivity contribution in [2.24, 2.45) is 0 Å². The van der Waals surface area contributed by atoms with E-state index in [-0.39, 0.29) is 11.7 Å². The molecule has 30 heavy (non-hydrogen) atoms. The molecule has 1 aromatic heterocycles. The molecule has 0 fully saturated rings. The van der Waals surface area contributed by atoms with Crippen LogP contribution < -0.4 is 10.6 Å². The second-order valence-corrected chi connectivity index (χ2v) is 6.45. The van der Waals surface area contributed by atoms with Crippen LogP contribution in [0.4, 0.5) is 26.0 Å². The van der Waals surface area contributed by atoms with Crippen LogP contribution >= 0.6 is 0 Å². The molecule has 0 saturated heterocycles. The molecule has 0 bridgehead atoms. The van der Waals surface area contributed by atoms with Gasteiger partial charge in [0, 0.05) is 28.7 Å². The number of carbonyl (C=O) groups excluding carboxylic acids is 1. The average molecular weight is 402 g/mol. The van der Waals surface area contributed by atoms with Crippen LogP contribution in [-0.2, 0) is 0 Å². The predicted molar refractivity (Wildman–Crippen MR) is 112 cm³/mol. The summed E-state index contributed by atoms with van der Waals surface area (Å²) < 4.78 is 26.8. The first kappa shape index (κ1) is 19.2. The van der Waals surface area contributed by atoms with Gasteiger partial charge < -0.3 is 10.6 Å². The van der Waals surface area contributed by atoms with E-state index in [1.165, 1.54) is 30.3 Å². The zero-order valence-electron chi connectivity index (χ0n) is 15.6. The molecule has 0 aliphatic rings. The Morgan fingerprint density at radius 2 is 1.53 bits per heavy atom. The van der Waals surface area contributed by atoms with Crippen molar-refractivity contribution < 1.29 is 13.6 Å². The molecule has 4 aromatic rings. The standard InChI is InChI=1S/C23H16F2N4O/c24-17-6-1-4-15(12-17)22-26-11-10-21(29-22)27-19-8-2-5-16(13-19)23(30)28-20-9-3-7-18(25)14-20/h1-14H,(H,28,30)(H,26,27,29). The maximum absolute atomic E-state index is 13.5. The smallest absolute Gasteiger partial charge is 0.255 e. The fourth-order valence-electron chi connectivity index (χ4n) is 2.85. The van der Waals surface area contributed by atoms with Crippen LogP contribution in [0.2, 0.25) is 0 Å². The molecule has 0 radical (unpaired) electrons. The number of carbonyl (C=O) groups is 1. The topological polar surface area (TPSA) is 66.9 Å². The molecule has 7 heteroatoms. The van der Waals surface area contributed by atoms with Crippen molar-refractivity contribution in [3.63, 3.8) is 0 Å². The molecule has 0 atom stereocenters. The first-order chi connectivity index (χ1) is 14.6. The van der Waals surface area contributed by atoms with Crippen molar-refractivity contribution in [1.82, 2.24) is 9.97 Å². The molecule has 0 unspecified atom stereocenters. The van der Waals surface area contributed by atoms with Gasteiger partial charge in [0.05, 0.1) is 0 Å². The Morgan fingerprint density at radius 1 is 0.800 bits per heavy atom. The van der Waals surface area contributed by atoms with Crippen LogP contribution in [0.25, 0.3) is 11.4 Å². The lowest BCUT2D eigenvalue weighted by Crippen LogP contribution is -2.12. The maximum atomic E-state index is 13.5. The van der Waals surface area contributed by atoms with Crippen molar-refractivity contribution in [1.29, 1.82) is 0 Å². The fourth-order valence-corrected chi connectivity index (χ4v) is 2.85. The van der Waals surface area contributed by atoms with Crippen LogP contribution in [0.15, 0.2) is 85.1 Å². The highest BCUT2D eigenvalue weighted by Gasteiger charge is 2.09. The number of anilines is 3. The SMILES string of the molecule is O=C(Nc1cccc(F)c1)c1cccc(Nc2ccnc(-c3cccc(F)c3)n2)c1. The molecule has 4 rings (SSSR count). The minimum absolute atomic E-state index is 0.368. The third-order valence-corrected chi connectivity index (χ3v) is 4.22. The van der Waals surface area contributed by atoms with Gasteiger partial charge in [-0.1, -0.05) is 24.3 Å². The highest BCUT2D eigenvalue weighted by atomic mass is 19.1. The summed E-state index contributed by atoms with van der Waals surface area (Å²) in [6, 6.07) is 20.2. The fraction of sp³-hybridized carbons (Fsp3) is 0. The molecule has 0 aliphatic carbocycles. The summed E-state index contributed by atoms with van der Waals surface area (Å²) in [6.45, 7) is 0. The summed E-state index contributed by atoms with van der Waals surface area (Å²) in [5.41, 5.74) is 1.95. The Bertz CT molecular complexity index is 1210. The molecule has 1 heterocycles. The predicted octanol–water partition coefficient (Wildman–Crippen LogP) is 5.42. The van der Waals surface area contributed by atoms with Crippen molar-refractivity contribution in [2.45, 2.75) is 0 Å².